The first kappa shape index (κ1) is 13.6. The second-order valence-electron chi connectivity index (χ2n) is 2.65. The highest BCUT2D eigenvalue weighted by Crippen LogP contribution is 2.46. The Kier molecular flexibility index (Phi) is 4.08. The maximum atomic E-state index is 11.1. The number of hydrogen-bond donors (Lipinski definition) is 4. The standard InChI is InChI=1S/C4H10N6O3P2S/c5-14(6,11)13-3-1-2-9-4(10-3)16-15(7,8)12/h1-2H,(H4,5,6,11)(H4,7,8,12). The van der Waals surface area contributed by atoms with Crippen LogP contribution in [0.15, 0.2) is 17.4 Å². The summed E-state index contributed by atoms with van der Waals surface area (Å²) in [5.41, 5.74) is 20.2. The first-order chi connectivity index (χ1) is 7.16. The molecule has 12 heteroatoms. The summed E-state index contributed by atoms with van der Waals surface area (Å²) in [6.07, 6.45) is 1.27. The Labute approximate surface area is 95.1 Å². The molecule has 90 valence electrons. The minimum Gasteiger partial charge on any atom is -0.404 e. The second-order valence-corrected chi connectivity index (χ2v) is 8.22. The normalized spacial score (nSPS) is 12.5. The molecule has 1 aromatic rings. The highest BCUT2D eigenvalue weighted by Gasteiger charge is 2.16. The van der Waals surface area contributed by atoms with Gasteiger partial charge in [0.05, 0.1) is 0 Å². The second kappa shape index (κ2) is 4.80. The molecule has 1 rings (SSSR count). The van der Waals surface area contributed by atoms with E-state index in [2.05, 4.69) is 14.5 Å². The Morgan fingerprint density at radius 3 is 2.38 bits per heavy atom. The molecular weight excluding hydrogens is 274 g/mol. The van der Waals surface area contributed by atoms with Crippen LogP contribution in [0.5, 0.6) is 5.88 Å². The Balaban J connectivity index is 2.88. The fraction of sp³-hybridized carbons (Fsp3) is 0. The van der Waals surface area contributed by atoms with E-state index < -0.39 is 14.3 Å². The van der Waals surface area contributed by atoms with E-state index in [9.17, 15) is 9.13 Å². The predicted octanol–water partition coefficient (Wildman–Crippen LogP) is -0.00150. The van der Waals surface area contributed by atoms with E-state index in [1.807, 2.05) is 0 Å². The van der Waals surface area contributed by atoms with Gasteiger partial charge >= 0.3 is 7.67 Å². The van der Waals surface area contributed by atoms with E-state index in [0.29, 0.717) is 11.4 Å². The van der Waals surface area contributed by atoms with Gasteiger partial charge in [0.1, 0.15) is 0 Å². The van der Waals surface area contributed by atoms with Crippen molar-refractivity contribution in [2.24, 2.45) is 22.0 Å². The van der Waals surface area contributed by atoms with Crippen molar-refractivity contribution in [2.45, 2.75) is 5.16 Å². The molecule has 0 aromatic carbocycles. The average molecular weight is 284 g/mol. The van der Waals surface area contributed by atoms with Crippen molar-refractivity contribution in [2.75, 3.05) is 0 Å². The third kappa shape index (κ3) is 5.57. The van der Waals surface area contributed by atoms with Gasteiger partial charge in [0.2, 0.25) is 11.0 Å². The summed E-state index contributed by atoms with van der Waals surface area (Å²) in [7, 11) is -3.69. The number of nitrogens with two attached hydrogens (primary N) is 4. The minimum atomic E-state index is -3.69. The molecule has 9 nitrogen and oxygen atoms in total. The van der Waals surface area contributed by atoms with Crippen molar-refractivity contribution in [3.8, 4) is 5.88 Å². The molecule has 0 bridgehead atoms. The van der Waals surface area contributed by atoms with Crippen molar-refractivity contribution >= 4 is 25.7 Å². The Hall–Kier alpha value is -0.470. The number of nitrogens with zero attached hydrogens (tertiary/aromatic N) is 2. The summed E-state index contributed by atoms with van der Waals surface area (Å²) >= 11 is 0.578. The SMILES string of the molecule is NP(N)(=O)Oc1ccnc(SP(N)(N)=O)n1. The van der Waals surface area contributed by atoms with Crippen LogP contribution in [-0.2, 0) is 9.13 Å². The molecule has 0 saturated carbocycles. The van der Waals surface area contributed by atoms with Gasteiger partial charge in [0.25, 0.3) is 6.65 Å². The third-order valence-corrected chi connectivity index (χ3v) is 3.53. The molecule has 0 atom stereocenters. The monoisotopic (exact) mass is 284 g/mol. The lowest BCUT2D eigenvalue weighted by Gasteiger charge is -2.09. The van der Waals surface area contributed by atoms with E-state index in [4.69, 9.17) is 22.0 Å². The molecule has 0 spiro atoms. The topological polar surface area (TPSA) is 173 Å². The molecular formula is C4H10N6O3P2S. The molecule has 8 N–H and O–H groups in total. The summed E-state index contributed by atoms with van der Waals surface area (Å²) < 4.78 is 26.6. The first-order valence-corrected chi connectivity index (χ1v) is 8.75. The smallest absolute Gasteiger partial charge is 0.386 e. The van der Waals surface area contributed by atoms with Crippen LogP contribution in [-0.4, -0.2) is 9.97 Å². The fourth-order valence-corrected chi connectivity index (χ4v) is 2.61. The van der Waals surface area contributed by atoms with Crippen LogP contribution in [0.25, 0.3) is 0 Å². The van der Waals surface area contributed by atoms with Gasteiger partial charge in [-0.2, -0.15) is 4.98 Å². The van der Waals surface area contributed by atoms with Gasteiger partial charge in [-0.15, -0.1) is 0 Å². The molecule has 1 heterocycles. The van der Waals surface area contributed by atoms with E-state index >= 15 is 0 Å². The predicted molar refractivity (Wildman–Crippen MR) is 60.5 cm³/mol. The lowest BCUT2D eigenvalue weighted by Crippen LogP contribution is -2.11. The molecule has 16 heavy (non-hydrogen) atoms. The summed E-state index contributed by atoms with van der Waals surface area (Å²) in [5, 5.41) is 0.0132. The molecule has 0 aliphatic rings. The van der Waals surface area contributed by atoms with E-state index in [0.717, 1.165) is 0 Å². The van der Waals surface area contributed by atoms with Crippen molar-refractivity contribution < 1.29 is 13.7 Å². The number of hydrogen-bond acceptors (Lipinski definition) is 6. The fourth-order valence-electron chi connectivity index (χ4n) is 0.694. The molecule has 0 amide bonds. The minimum absolute atomic E-state index is 0.0132. The molecule has 1 aromatic heterocycles. The van der Waals surface area contributed by atoms with Gasteiger partial charge in [-0.3, -0.25) is 15.6 Å². The number of rotatable bonds is 4. The zero-order valence-electron chi connectivity index (χ0n) is 7.89. The van der Waals surface area contributed by atoms with Crippen LogP contribution in [0.4, 0.5) is 0 Å². The molecule has 0 aliphatic heterocycles. The highest BCUT2D eigenvalue weighted by atomic mass is 32.7. The number of aromatic nitrogens is 2. The zero-order valence-corrected chi connectivity index (χ0v) is 10.5. The summed E-state index contributed by atoms with van der Waals surface area (Å²) in [6.45, 7) is -3.35. The van der Waals surface area contributed by atoms with Gasteiger partial charge in [-0.05, 0) is 0 Å². The lowest BCUT2D eigenvalue weighted by molar-refractivity contribution is 0.470. The Morgan fingerprint density at radius 1 is 1.25 bits per heavy atom. The van der Waals surface area contributed by atoms with Crippen LogP contribution in [0.3, 0.4) is 0 Å². The third-order valence-electron chi connectivity index (χ3n) is 1.07. The first-order valence-electron chi connectivity index (χ1n) is 3.72. The zero-order chi connectivity index (χ0) is 12.4. The van der Waals surface area contributed by atoms with Crippen LogP contribution >= 0.6 is 25.7 Å². The maximum Gasteiger partial charge on any atom is 0.386 e. The largest absolute Gasteiger partial charge is 0.404 e. The summed E-state index contributed by atoms with van der Waals surface area (Å²) in [6, 6.07) is 1.29. The molecule has 0 unspecified atom stereocenters. The van der Waals surface area contributed by atoms with Crippen molar-refractivity contribution in [1.82, 2.24) is 9.97 Å². The average Bonchev–Trinajstić information content (AvgIpc) is 1.96. The molecule has 0 aliphatic carbocycles. The molecule has 0 fully saturated rings. The van der Waals surface area contributed by atoms with Crippen LogP contribution in [0.1, 0.15) is 0 Å². The van der Waals surface area contributed by atoms with Crippen LogP contribution < -0.4 is 26.5 Å². The Morgan fingerprint density at radius 2 is 1.88 bits per heavy atom. The van der Waals surface area contributed by atoms with Gasteiger partial charge in [-0.1, -0.05) is 0 Å². The van der Waals surface area contributed by atoms with Crippen LogP contribution in [0, 0.1) is 0 Å². The van der Waals surface area contributed by atoms with E-state index in [1.54, 1.807) is 0 Å². The van der Waals surface area contributed by atoms with E-state index in [1.165, 1.54) is 12.3 Å². The van der Waals surface area contributed by atoms with E-state index in [-0.39, 0.29) is 11.0 Å². The highest BCUT2D eigenvalue weighted by molar-refractivity contribution is 8.56. The van der Waals surface area contributed by atoms with Gasteiger partial charge in [-0.25, -0.2) is 20.6 Å². The van der Waals surface area contributed by atoms with Gasteiger partial charge in [0.15, 0.2) is 0 Å². The lowest BCUT2D eigenvalue weighted by atomic mass is 10.6. The Bertz CT molecular complexity index is 431. The molecule has 0 saturated heterocycles. The van der Waals surface area contributed by atoms with Gasteiger partial charge < -0.3 is 4.52 Å². The quantitative estimate of drug-likeness (QED) is 0.435. The van der Waals surface area contributed by atoms with Crippen molar-refractivity contribution in [1.29, 1.82) is 0 Å². The summed E-state index contributed by atoms with van der Waals surface area (Å²) in [4.78, 5) is 7.43. The molecule has 0 radical (unpaired) electrons. The van der Waals surface area contributed by atoms with Gasteiger partial charge in [0, 0.05) is 23.6 Å². The maximum absolute atomic E-state index is 11.1. The summed E-state index contributed by atoms with van der Waals surface area (Å²) in [5.74, 6) is -0.112. The van der Waals surface area contributed by atoms with Crippen LogP contribution in [0.2, 0.25) is 0 Å². The van der Waals surface area contributed by atoms with Crippen molar-refractivity contribution in [3.05, 3.63) is 12.3 Å². The van der Waals surface area contributed by atoms with Crippen molar-refractivity contribution in [3.63, 3.8) is 0 Å².